The summed E-state index contributed by atoms with van der Waals surface area (Å²) in [6, 6.07) is 0. The summed E-state index contributed by atoms with van der Waals surface area (Å²) >= 11 is 4.35. The highest BCUT2D eigenvalue weighted by molar-refractivity contribution is 9.09. The summed E-state index contributed by atoms with van der Waals surface area (Å²) in [7, 11) is 0. The molecular weight excluding hydrogens is 242 g/mol. The molecule has 1 rings (SSSR count). The highest BCUT2D eigenvalue weighted by atomic mass is 79.9. The van der Waals surface area contributed by atoms with Crippen molar-refractivity contribution in [2.24, 2.45) is 0 Å². The van der Waals surface area contributed by atoms with Gasteiger partial charge in [-0.2, -0.15) is 0 Å². The van der Waals surface area contributed by atoms with E-state index in [0.717, 1.165) is 16.7 Å². The second-order valence-corrected chi connectivity index (χ2v) is 3.44. The van der Waals surface area contributed by atoms with Crippen molar-refractivity contribution >= 4 is 39.3 Å². The van der Waals surface area contributed by atoms with Gasteiger partial charge in [-0.3, -0.25) is 0 Å². The lowest BCUT2D eigenvalue weighted by molar-refractivity contribution is 0.0696. The lowest BCUT2D eigenvalue weighted by Gasteiger charge is -1.81. The summed E-state index contributed by atoms with van der Waals surface area (Å²) in [5.74, 6) is -0.974. The van der Waals surface area contributed by atoms with E-state index < -0.39 is 5.97 Å². The van der Waals surface area contributed by atoms with Crippen molar-refractivity contribution in [3.05, 3.63) is 22.2 Å². The minimum absolute atomic E-state index is 0.129. The summed E-state index contributed by atoms with van der Waals surface area (Å²) in [6.07, 6.45) is 3.64. The molecule has 0 aliphatic rings. The summed E-state index contributed by atoms with van der Waals surface area (Å²) < 4.78 is 0. The Labute approximate surface area is 81.9 Å². The van der Waals surface area contributed by atoms with Crippen molar-refractivity contribution in [3.8, 4) is 0 Å². The summed E-state index contributed by atoms with van der Waals surface area (Å²) in [5.41, 5.74) is 0.692. The first-order chi connectivity index (χ1) is 5.74. The first-order valence-corrected chi connectivity index (χ1v) is 5.15. The highest BCUT2D eigenvalue weighted by Gasteiger charge is 2.06. The van der Waals surface area contributed by atoms with Gasteiger partial charge in [-0.15, -0.1) is 11.3 Å². The summed E-state index contributed by atoms with van der Waals surface area (Å²) in [4.78, 5) is 14.3. The third-order valence-electron chi connectivity index (χ3n) is 1.08. The zero-order chi connectivity index (χ0) is 8.97. The molecule has 0 spiro atoms. The molecule has 0 aromatic carbocycles. The molecule has 5 heteroatoms. The van der Waals surface area contributed by atoms with Crippen LogP contribution in [0.25, 0.3) is 6.08 Å². The number of allylic oxidation sites excluding steroid dienone is 1. The van der Waals surface area contributed by atoms with E-state index in [2.05, 4.69) is 20.9 Å². The van der Waals surface area contributed by atoms with Gasteiger partial charge < -0.3 is 5.11 Å². The number of carboxylic acid groups (broad SMARTS) is 1. The van der Waals surface area contributed by atoms with Gasteiger partial charge in [0.15, 0.2) is 0 Å². The van der Waals surface area contributed by atoms with Gasteiger partial charge in [-0.05, 0) is 6.08 Å². The van der Waals surface area contributed by atoms with E-state index in [1.54, 1.807) is 11.5 Å². The molecule has 0 atom stereocenters. The van der Waals surface area contributed by atoms with Gasteiger partial charge in [-0.25, -0.2) is 9.78 Å². The molecular formula is C7H6BrNO2S. The average Bonchev–Trinajstić information content (AvgIpc) is 2.48. The molecule has 0 amide bonds. The molecule has 0 fully saturated rings. The molecule has 1 aromatic rings. The van der Waals surface area contributed by atoms with Crippen LogP contribution >= 0.6 is 27.3 Å². The van der Waals surface area contributed by atoms with E-state index in [1.807, 2.05) is 6.08 Å². The van der Waals surface area contributed by atoms with Crippen molar-refractivity contribution in [1.29, 1.82) is 0 Å². The Hall–Kier alpha value is -0.680. The molecule has 0 aliphatic heterocycles. The topological polar surface area (TPSA) is 50.2 Å². The minimum Gasteiger partial charge on any atom is -0.476 e. The Kier molecular flexibility index (Phi) is 3.43. The maximum atomic E-state index is 10.4. The fourth-order valence-corrected chi connectivity index (χ4v) is 1.44. The van der Waals surface area contributed by atoms with Crippen LogP contribution < -0.4 is 0 Å². The maximum Gasteiger partial charge on any atom is 0.365 e. The molecule has 64 valence electrons. The van der Waals surface area contributed by atoms with Crippen LogP contribution in [0.5, 0.6) is 0 Å². The predicted molar refractivity (Wildman–Crippen MR) is 51.9 cm³/mol. The monoisotopic (exact) mass is 247 g/mol. The number of carbonyl (C=O) groups is 1. The van der Waals surface area contributed by atoms with Crippen LogP contribution in [0.4, 0.5) is 0 Å². The molecule has 0 aliphatic carbocycles. The smallest absolute Gasteiger partial charge is 0.365 e. The van der Waals surface area contributed by atoms with Gasteiger partial charge in [0.25, 0.3) is 0 Å². The van der Waals surface area contributed by atoms with E-state index in [9.17, 15) is 4.79 Å². The fraction of sp³-hybridized carbons (Fsp3) is 0.143. The van der Waals surface area contributed by atoms with Crippen molar-refractivity contribution in [3.63, 3.8) is 0 Å². The number of hydrogen-bond acceptors (Lipinski definition) is 3. The molecule has 0 unspecified atom stereocenters. The third-order valence-corrected chi connectivity index (χ3v) is 2.30. The van der Waals surface area contributed by atoms with Gasteiger partial charge in [0.2, 0.25) is 5.01 Å². The van der Waals surface area contributed by atoms with E-state index in [4.69, 9.17) is 5.11 Å². The lowest BCUT2D eigenvalue weighted by atomic mass is 10.4. The number of halogens is 1. The number of rotatable bonds is 3. The molecule has 1 N–H and O–H groups in total. The SMILES string of the molecule is O=C(O)c1nc(C=CCBr)cs1. The van der Waals surface area contributed by atoms with Gasteiger partial charge >= 0.3 is 5.97 Å². The van der Waals surface area contributed by atoms with Crippen LogP contribution in [-0.2, 0) is 0 Å². The van der Waals surface area contributed by atoms with Crippen LogP contribution in [0.15, 0.2) is 11.5 Å². The number of aromatic carboxylic acids is 1. The summed E-state index contributed by atoms with van der Waals surface area (Å²) in [5, 5.41) is 11.1. The van der Waals surface area contributed by atoms with Crippen LogP contribution in [0.1, 0.15) is 15.5 Å². The van der Waals surface area contributed by atoms with E-state index in [0.29, 0.717) is 5.69 Å². The Balaban J connectivity index is 2.77. The standard InChI is InChI=1S/C7H6BrNO2S/c8-3-1-2-5-4-12-6(9-5)7(10)11/h1-2,4H,3H2,(H,10,11). The Morgan fingerprint density at radius 1 is 1.83 bits per heavy atom. The fourth-order valence-electron chi connectivity index (χ4n) is 0.626. The van der Waals surface area contributed by atoms with E-state index >= 15 is 0 Å². The van der Waals surface area contributed by atoms with Gasteiger partial charge in [0, 0.05) is 10.7 Å². The largest absolute Gasteiger partial charge is 0.476 e. The Morgan fingerprint density at radius 3 is 3.08 bits per heavy atom. The maximum absolute atomic E-state index is 10.4. The number of aromatic nitrogens is 1. The lowest BCUT2D eigenvalue weighted by Crippen LogP contribution is -1.93. The quantitative estimate of drug-likeness (QED) is 0.834. The van der Waals surface area contributed by atoms with Crippen LogP contribution in [0.2, 0.25) is 0 Å². The molecule has 3 nitrogen and oxygen atoms in total. The van der Waals surface area contributed by atoms with Crippen molar-refractivity contribution < 1.29 is 9.90 Å². The zero-order valence-electron chi connectivity index (χ0n) is 6.03. The summed E-state index contributed by atoms with van der Waals surface area (Å²) in [6.45, 7) is 0. The van der Waals surface area contributed by atoms with Gasteiger partial charge in [0.1, 0.15) is 0 Å². The number of alkyl halides is 1. The van der Waals surface area contributed by atoms with Crippen molar-refractivity contribution in [2.45, 2.75) is 0 Å². The first kappa shape index (κ1) is 9.41. The zero-order valence-corrected chi connectivity index (χ0v) is 8.43. The number of nitrogens with zero attached hydrogens (tertiary/aromatic N) is 1. The highest BCUT2D eigenvalue weighted by Crippen LogP contribution is 2.10. The molecule has 0 saturated carbocycles. The van der Waals surface area contributed by atoms with E-state index in [1.165, 1.54) is 0 Å². The van der Waals surface area contributed by atoms with Crippen molar-refractivity contribution in [1.82, 2.24) is 4.98 Å². The van der Waals surface area contributed by atoms with Crippen LogP contribution in [0, 0.1) is 0 Å². The second kappa shape index (κ2) is 4.37. The Morgan fingerprint density at radius 2 is 2.58 bits per heavy atom. The van der Waals surface area contributed by atoms with Crippen LogP contribution in [-0.4, -0.2) is 21.4 Å². The normalized spacial score (nSPS) is 10.8. The first-order valence-electron chi connectivity index (χ1n) is 3.15. The predicted octanol–water partition coefficient (Wildman–Crippen LogP) is 2.25. The number of carboxylic acids is 1. The number of thiazole rings is 1. The molecule has 0 bridgehead atoms. The van der Waals surface area contributed by atoms with Gasteiger partial charge in [-0.1, -0.05) is 22.0 Å². The third kappa shape index (κ3) is 2.42. The van der Waals surface area contributed by atoms with E-state index in [-0.39, 0.29) is 5.01 Å². The molecule has 0 radical (unpaired) electrons. The molecule has 1 heterocycles. The van der Waals surface area contributed by atoms with Crippen molar-refractivity contribution in [2.75, 3.05) is 5.33 Å². The number of hydrogen-bond donors (Lipinski definition) is 1. The second-order valence-electron chi connectivity index (χ2n) is 1.94. The molecule has 0 saturated heterocycles. The van der Waals surface area contributed by atoms with Gasteiger partial charge in [0.05, 0.1) is 5.69 Å². The van der Waals surface area contributed by atoms with Crippen LogP contribution in [0.3, 0.4) is 0 Å². The molecule has 1 aromatic heterocycles. The average molecular weight is 248 g/mol. The minimum atomic E-state index is -0.974. The Bertz CT molecular complexity index is 308. The molecule has 12 heavy (non-hydrogen) atoms.